The zero-order valence-electron chi connectivity index (χ0n) is 9.96. The first-order valence-corrected chi connectivity index (χ1v) is 5.50. The molecule has 0 aliphatic heterocycles. The van der Waals surface area contributed by atoms with E-state index in [0.29, 0.717) is 12.2 Å². The van der Waals surface area contributed by atoms with Crippen molar-refractivity contribution in [1.82, 2.24) is 0 Å². The third-order valence-electron chi connectivity index (χ3n) is 2.54. The number of alkyl halides is 3. The summed E-state index contributed by atoms with van der Waals surface area (Å²) in [6, 6.07) is 6.77. The van der Waals surface area contributed by atoms with E-state index in [2.05, 4.69) is 0 Å². The number of hydrogen-bond acceptors (Lipinski definition) is 2. The van der Waals surface area contributed by atoms with Gasteiger partial charge in [0.25, 0.3) is 0 Å². The number of nitrogens with two attached hydrogens (primary N) is 1. The minimum atomic E-state index is -4.18. The van der Waals surface area contributed by atoms with Gasteiger partial charge in [0.05, 0.1) is 0 Å². The molecule has 0 aromatic heterocycles. The Labute approximate surface area is 99.2 Å². The van der Waals surface area contributed by atoms with Gasteiger partial charge in [0.15, 0.2) is 0 Å². The molecule has 2 nitrogen and oxygen atoms in total. The Kier molecular flexibility index (Phi) is 4.40. The number of hydrogen-bond donors (Lipinski definition) is 1. The summed E-state index contributed by atoms with van der Waals surface area (Å²) >= 11 is 0. The molecule has 5 heteroatoms. The predicted octanol–water partition coefficient (Wildman–Crippen LogP) is 3.09. The van der Waals surface area contributed by atoms with E-state index in [1.54, 1.807) is 31.2 Å². The fourth-order valence-electron chi connectivity index (χ4n) is 1.59. The lowest BCUT2D eigenvalue weighted by Crippen LogP contribution is -2.34. The molecule has 0 heterocycles. The Bertz CT molecular complexity index is 344. The van der Waals surface area contributed by atoms with E-state index in [-0.39, 0.29) is 6.04 Å². The number of rotatable bonds is 4. The zero-order valence-corrected chi connectivity index (χ0v) is 9.96. The standard InChI is InChI=1S/C12H17F3N2/c1-3-17(8-12(13,14)15)11-6-4-10(5-7-11)9(2)16/h4-7,9H,3,8,16H2,1-2H3. The number of benzene rings is 1. The highest BCUT2D eigenvalue weighted by atomic mass is 19.4. The highest BCUT2D eigenvalue weighted by Crippen LogP contribution is 2.23. The lowest BCUT2D eigenvalue weighted by molar-refractivity contribution is -0.119. The summed E-state index contributed by atoms with van der Waals surface area (Å²) in [5, 5.41) is 0. The van der Waals surface area contributed by atoms with Crippen molar-refractivity contribution in [3.8, 4) is 0 Å². The second-order valence-electron chi connectivity index (χ2n) is 4.01. The van der Waals surface area contributed by atoms with Crippen LogP contribution >= 0.6 is 0 Å². The van der Waals surface area contributed by atoms with Crippen LogP contribution in [0.15, 0.2) is 24.3 Å². The van der Waals surface area contributed by atoms with Crippen molar-refractivity contribution in [1.29, 1.82) is 0 Å². The first-order valence-electron chi connectivity index (χ1n) is 5.50. The van der Waals surface area contributed by atoms with Crippen LogP contribution in [0.5, 0.6) is 0 Å². The third-order valence-corrected chi connectivity index (χ3v) is 2.54. The summed E-state index contributed by atoms with van der Waals surface area (Å²) in [7, 11) is 0. The van der Waals surface area contributed by atoms with E-state index in [1.807, 2.05) is 6.92 Å². The first-order chi connectivity index (χ1) is 7.83. The van der Waals surface area contributed by atoms with Crippen molar-refractivity contribution in [2.24, 2.45) is 5.73 Å². The van der Waals surface area contributed by atoms with Crippen LogP contribution in [0.2, 0.25) is 0 Å². The van der Waals surface area contributed by atoms with Gasteiger partial charge in [-0.15, -0.1) is 0 Å². The topological polar surface area (TPSA) is 29.3 Å². The molecule has 1 rings (SSSR count). The molecule has 0 aliphatic carbocycles. The average molecular weight is 246 g/mol. The Morgan fingerprint density at radius 1 is 1.24 bits per heavy atom. The van der Waals surface area contributed by atoms with Gasteiger partial charge in [0.1, 0.15) is 6.54 Å². The molecular weight excluding hydrogens is 229 g/mol. The van der Waals surface area contributed by atoms with Crippen molar-refractivity contribution in [3.05, 3.63) is 29.8 Å². The van der Waals surface area contributed by atoms with Crippen molar-refractivity contribution in [2.75, 3.05) is 18.0 Å². The van der Waals surface area contributed by atoms with Crippen molar-refractivity contribution < 1.29 is 13.2 Å². The number of anilines is 1. The molecule has 0 bridgehead atoms. The molecule has 0 aliphatic rings. The van der Waals surface area contributed by atoms with Gasteiger partial charge in [-0.25, -0.2) is 0 Å². The second-order valence-corrected chi connectivity index (χ2v) is 4.01. The fraction of sp³-hybridized carbons (Fsp3) is 0.500. The van der Waals surface area contributed by atoms with E-state index in [1.165, 1.54) is 4.90 Å². The molecule has 0 radical (unpaired) electrons. The monoisotopic (exact) mass is 246 g/mol. The molecule has 1 atom stereocenters. The van der Waals surface area contributed by atoms with Gasteiger partial charge in [0.2, 0.25) is 0 Å². The minimum Gasteiger partial charge on any atom is -0.363 e. The molecule has 1 aromatic carbocycles. The van der Waals surface area contributed by atoms with Crippen molar-refractivity contribution in [3.63, 3.8) is 0 Å². The van der Waals surface area contributed by atoms with Crippen LogP contribution < -0.4 is 10.6 Å². The lowest BCUT2D eigenvalue weighted by atomic mass is 10.1. The predicted molar refractivity (Wildman–Crippen MR) is 63.0 cm³/mol. The SMILES string of the molecule is CCN(CC(F)(F)F)c1ccc(C(C)N)cc1. The van der Waals surface area contributed by atoms with Gasteiger partial charge >= 0.3 is 6.18 Å². The Hall–Kier alpha value is -1.23. The molecule has 2 N–H and O–H groups in total. The summed E-state index contributed by atoms with van der Waals surface area (Å²) in [6.07, 6.45) is -4.18. The highest BCUT2D eigenvalue weighted by molar-refractivity contribution is 5.48. The second kappa shape index (κ2) is 5.40. The molecule has 96 valence electrons. The van der Waals surface area contributed by atoms with E-state index >= 15 is 0 Å². The van der Waals surface area contributed by atoms with Crippen LogP contribution in [-0.4, -0.2) is 19.3 Å². The Balaban J connectivity index is 2.82. The van der Waals surface area contributed by atoms with Gasteiger partial charge in [0, 0.05) is 18.3 Å². The van der Waals surface area contributed by atoms with Crippen LogP contribution in [-0.2, 0) is 0 Å². The lowest BCUT2D eigenvalue weighted by Gasteiger charge is -2.24. The Morgan fingerprint density at radius 2 is 1.76 bits per heavy atom. The van der Waals surface area contributed by atoms with E-state index in [0.717, 1.165) is 5.56 Å². The largest absolute Gasteiger partial charge is 0.405 e. The number of nitrogens with zero attached hydrogens (tertiary/aromatic N) is 1. The molecule has 1 unspecified atom stereocenters. The smallest absolute Gasteiger partial charge is 0.363 e. The zero-order chi connectivity index (χ0) is 13.1. The quantitative estimate of drug-likeness (QED) is 0.884. The van der Waals surface area contributed by atoms with Gasteiger partial charge in [-0.1, -0.05) is 12.1 Å². The van der Waals surface area contributed by atoms with Gasteiger partial charge in [-0.2, -0.15) is 13.2 Å². The van der Waals surface area contributed by atoms with Crippen molar-refractivity contribution >= 4 is 5.69 Å². The van der Waals surface area contributed by atoms with Crippen LogP contribution in [0.1, 0.15) is 25.5 Å². The maximum Gasteiger partial charge on any atom is 0.405 e. The summed E-state index contributed by atoms with van der Waals surface area (Å²) in [6.45, 7) is 2.92. The first kappa shape index (κ1) is 13.8. The van der Waals surface area contributed by atoms with Crippen LogP contribution in [0.4, 0.5) is 18.9 Å². The summed E-state index contributed by atoms with van der Waals surface area (Å²) in [5.41, 5.74) is 7.16. The summed E-state index contributed by atoms with van der Waals surface area (Å²) in [5.74, 6) is 0. The molecule has 0 saturated carbocycles. The Morgan fingerprint density at radius 3 is 2.12 bits per heavy atom. The third kappa shape index (κ3) is 4.26. The van der Waals surface area contributed by atoms with E-state index < -0.39 is 12.7 Å². The van der Waals surface area contributed by atoms with Gasteiger partial charge < -0.3 is 10.6 Å². The van der Waals surface area contributed by atoms with Crippen LogP contribution in [0.25, 0.3) is 0 Å². The van der Waals surface area contributed by atoms with Crippen LogP contribution in [0.3, 0.4) is 0 Å². The normalized spacial score (nSPS) is 13.5. The average Bonchev–Trinajstić information content (AvgIpc) is 2.25. The molecule has 1 aromatic rings. The van der Waals surface area contributed by atoms with Gasteiger partial charge in [-0.05, 0) is 31.5 Å². The molecular formula is C12H17F3N2. The van der Waals surface area contributed by atoms with Crippen molar-refractivity contribution in [2.45, 2.75) is 26.1 Å². The highest BCUT2D eigenvalue weighted by Gasteiger charge is 2.30. The summed E-state index contributed by atoms with van der Waals surface area (Å²) in [4.78, 5) is 1.28. The maximum absolute atomic E-state index is 12.3. The minimum absolute atomic E-state index is 0.109. The molecule has 0 spiro atoms. The van der Waals surface area contributed by atoms with E-state index in [9.17, 15) is 13.2 Å². The molecule has 17 heavy (non-hydrogen) atoms. The van der Waals surface area contributed by atoms with Crippen LogP contribution in [0, 0.1) is 0 Å². The molecule has 0 fully saturated rings. The van der Waals surface area contributed by atoms with E-state index in [4.69, 9.17) is 5.73 Å². The maximum atomic E-state index is 12.3. The van der Waals surface area contributed by atoms with Gasteiger partial charge in [-0.3, -0.25) is 0 Å². The molecule has 0 amide bonds. The summed E-state index contributed by atoms with van der Waals surface area (Å²) < 4.78 is 37.0. The molecule has 0 saturated heterocycles. The fourth-order valence-corrected chi connectivity index (χ4v) is 1.59. The number of halogens is 3.